The third-order valence-corrected chi connectivity index (χ3v) is 3.90. The van der Waals surface area contributed by atoms with Crippen LogP contribution in [0.1, 0.15) is 24.1 Å². The first-order chi connectivity index (χ1) is 9.56. The van der Waals surface area contributed by atoms with Crippen LogP contribution in [0.15, 0.2) is 36.4 Å². The van der Waals surface area contributed by atoms with Crippen molar-refractivity contribution in [1.29, 1.82) is 0 Å². The summed E-state index contributed by atoms with van der Waals surface area (Å²) in [6.07, 6.45) is 0. The number of hydrogen-bond acceptors (Lipinski definition) is 2. The standard InChI is InChI=1S/C17H20ClNO/c1-11-5-8-17(20-4)15(9-11)14-10-13(12(2)19-3)6-7-16(14)18/h5-10,12,19H,1-4H3. The van der Waals surface area contributed by atoms with Gasteiger partial charge in [-0.2, -0.15) is 0 Å². The molecule has 0 heterocycles. The van der Waals surface area contributed by atoms with E-state index in [0.29, 0.717) is 0 Å². The maximum atomic E-state index is 6.38. The summed E-state index contributed by atoms with van der Waals surface area (Å²) in [6, 6.07) is 12.5. The number of aryl methyl sites for hydroxylation is 1. The van der Waals surface area contributed by atoms with Crippen LogP contribution in [0.3, 0.4) is 0 Å². The molecule has 0 saturated carbocycles. The zero-order valence-corrected chi connectivity index (χ0v) is 13.1. The zero-order valence-electron chi connectivity index (χ0n) is 12.3. The van der Waals surface area contributed by atoms with Gasteiger partial charge >= 0.3 is 0 Å². The average molecular weight is 290 g/mol. The topological polar surface area (TPSA) is 21.3 Å². The molecule has 0 aliphatic heterocycles. The number of rotatable bonds is 4. The maximum Gasteiger partial charge on any atom is 0.126 e. The fourth-order valence-electron chi connectivity index (χ4n) is 2.22. The second-order valence-electron chi connectivity index (χ2n) is 4.95. The summed E-state index contributed by atoms with van der Waals surface area (Å²) >= 11 is 6.38. The van der Waals surface area contributed by atoms with Gasteiger partial charge in [-0.3, -0.25) is 0 Å². The smallest absolute Gasteiger partial charge is 0.126 e. The molecular formula is C17H20ClNO. The summed E-state index contributed by atoms with van der Waals surface area (Å²) in [6.45, 7) is 4.19. The van der Waals surface area contributed by atoms with E-state index in [1.165, 1.54) is 11.1 Å². The SMILES string of the molecule is CNC(C)c1ccc(Cl)c(-c2cc(C)ccc2OC)c1. The van der Waals surface area contributed by atoms with Gasteiger partial charge in [-0.15, -0.1) is 0 Å². The predicted molar refractivity (Wildman–Crippen MR) is 85.7 cm³/mol. The van der Waals surface area contributed by atoms with Crippen molar-refractivity contribution in [3.8, 4) is 16.9 Å². The molecule has 0 radical (unpaired) electrons. The number of methoxy groups -OCH3 is 1. The van der Waals surface area contributed by atoms with Crippen LogP contribution in [-0.4, -0.2) is 14.2 Å². The van der Waals surface area contributed by atoms with E-state index in [0.717, 1.165) is 21.9 Å². The Balaban J connectivity index is 2.59. The first-order valence-electron chi connectivity index (χ1n) is 6.68. The van der Waals surface area contributed by atoms with Gasteiger partial charge in [0.15, 0.2) is 0 Å². The van der Waals surface area contributed by atoms with Crippen molar-refractivity contribution in [1.82, 2.24) is 5.32 Å². The summed E-state index contributed by atoms with van der Waals surface area (Å²) in [5.41, 5.74) is 4.42. The number of ether oxygens (including phenoxy) is 1. The molecule has 0 amide bonds. The van der Waals surface area contributed by atoms with Crippen molar-refractivity contribution in [2.45, 2.75) is 19.9 Å². The molecule has 0 aromatic heterocycles. The molecule has 0 spiro atoms. The molecule has 20 heavy (non-hydrogen) atoms. The number of nitrogens with one attached hydrogen (secondary N) is 1. The van der Waals surface area contributed by atoms with Gasteiger partial charge in [0, 0.05) is 22.2 Å². The highest BCUT2D eigenvalue weighted by Gasteiger charge is 2.12. The summed E-state index contributed by atoms with van der Waals surface area (Å²) in [5, 5.41) is 3.98. The fourth-order valence-corrected chi connectivity index (χ4v) is 2.44. The van der Waals surface area contributed by atoms with Gasteiger partial charge in [0.05, 0.1) is 7.11 Å². The molecule has 0 aliphatic rings. The quantitative estimate of drug-likeness (QED) is 0.888. The molecule has 1 atom stereocenters. The van der Waals surface area contributed by atoms with Gasteiger partial charge in [-0.1, -0.05) is 29.3 Å². The van der Waals surface area contributed by atoms with Gasteiger partial charge in [-0.05, 0) is 50.7 Å². The Morgan fingerprint density at radius 2 is 1.85 bits per heavy atom. The van der Waals surface area contributed by atoms with Crippen molar-refractivity contribution >= 4 is 11.6 Å². The van der Waals surface area contributed by atoms with Crippen LogP contribution in [-0.2, 0) is 0 Å². The monoisotopic (exact) mass is 289 g/mol. The Morgan fingerprint density at radius 1 is 1.10 bits per heavy atom. The van der Waals surface area contributed by atoms with Crippen molar-refractivity contribution in [3.05, 3.63) is 52.5 Å². The molecule has 2 aromatic carbocycles. The lowest BCUT2D eigenvalue weighted by Crippen LogP contribution is -2.12. The van der Waals surface area contributed by atoms with Crippen LogP contribution < -0.4 is 10.1 Å². The lowest BCUT2D eigenvalue weighted by Gasteiger charge is -2.15. The van der Waals surface area contributed by atoms with E-state index in [4.69, 9.17) is 16.3 Å². The highest BCUT2D eigenvalue weighted by Crippen LogP contribution is 2.36. The lowest BCUT2D eigenvalue weighted by atomic mass is 9.98. The molecule has 0 fully saturated rings. The van der Waals surface area contributed by atoms with Gasteiger partial charge < -0.3 is 10.1 Å². The van der Waals surface area contributed by atoms with Crippen LogP contribution in [0, 0.1) is 6.92 Å². The van der Waals surface area contributed by atoms with E-state index in [2.05, 4.69) is 37.4 Å². The first-order valence-corrected chi connectivity index (χ1v) is 7.06. The molecule has 2 rings (SSSR count). The maximum absolute atomic E-state index is 6.38. The fraction of sp³-hybridized carbons (Fsp3) is 0.294. The minimum Gasteiger partial charge on any atom is -0.496 e. The van der Waals surface area contributed by atoms with Crippen molar-refractivity contribution in [3.63, 3.8) is 0 Å². The molecule has 2 aromatic rings. The number of benzene rings is 2. The van der Waals surface area contributed by atoms with Gasteiger partial charge in [0.25, 0.3) is 0 Å². The Morgan fingerprint density at radius 3 is 2.50 bits per heavy atom. The highest BCUT2D eigenvalue weighted by atomic mass is 35.5. The minimum absolute atomic E-state index is 0.279. The Bertz CT molecular complexity index is 610. The van der Waals surface area contributed by atoms with Gasteiger partial charge in [-0.25, -0.2) is 0 Å². The van der Waals surface area contributed by atoms with E-state index in [1.54, 1.807) is 7.11 Å². The van der Waals surface area contributed by atoms with Crippen molar-refractivity contribution in [2.75, 3.05) is 14.2 Å². The Kier molecular flexibility index (Phi) is 4.69. The minimum atomic E-state index is 0.279. The predicted octanol–water partition coefficient (Wildman–Crippen LogP) is 4.60. The Labute approximate surface area is 125 Å². The highest BCUT2D eigenvalue weighted by molar-refractivity contribution is 6.33. The van der Waals surface area contributed by atoms with E-state index in [-0.39, 0.29) is 6.04 Å². The molecule has 2 nitrogen and oxygen atoms in total. The molecule has 0 bridgehead atoms. The Hall–Kier alpha value is -1.51. The third kappa shape index (κ3) is 2.97. The van der Waals surface area contributed by atoms with Crippen molar-refractivity contribution in [2.24, 2.45) is 0 Å². The average Bonchev–Trinajstić information content (AvgIpc) is 2.47. The second kappa shape index (κ2) is 6.29. The normalized spacial score (nSPS) is 12.2. The number of hydrogen-bond donors (Lipinski definition) is 1. The van der Waals surface area contributed by atoms with Crippen molar-refractivity contribution < 1.29 is 4.74 Å². The van der Waals surface area contributed by atoms with E-state index >= 15 is 0 Å². The van der Waals surface area contributed by atoms with E-state index in [9.17, 15) is 0 Å². The van der Waals surface area contributed by atoms with Gasteiger partial charge in [0.2, 0.25) is 0 Å². The summed E-state index contributed by atoms with van der Waals surface area (Å²) in [4.78, 5) is 0. The summed E-state index contributed by atoms with van der Waals surface area (Å²) in [5.74, 6) is 0.840. The molecule has 106 valence electrons. The molecule has 1 unspecified atom stereocenters. The molecule has 0 aliphatic carbocycles. The molecular weight excluding hydrogens is 270 g/mol. The van der Waals surface area contributed by atoms with E-state index < -0.39 is 0 Å². The summed E-state index contributed by atoms with van der Waals surface area (Å²) < 4.78 is 5.46. The largest absolute Gasteiger partial charge is 0.496 e. The van der Waals surface area contributed by atoms with Crippen LogP contribution in [0.5, 0.6) is 5.75 Å². The second-order valence-corrected chi connectivity index (χ2v) is 5.36. The first kappa shape index (κ1) is 14.9. The van der Waals surface area contributed by atoms with Crippen LogP contribution in [0.2, 0.25) is 5.02 Å². The number of halogens is 1. The van der Waals surface area contributed by atoms with Crippen LogP contribution in [0.4, 0.5) is 0 Å². The zero-order chi connectivity index (χ0) is 14.7. The third-order valence-electron chi connectivity index (χ3n) is 3.57. The van der Waals surface area contributed by atoms with Crippen LogP contribution >= 0.6 is 11.6 Å². The van der Waals surface area contributed by atoms with E-state index in [1.807, 2.05) is 25.2 Å². The summed E-state index contributed by atoms with van der Waals surface area (Å²) in [7, 11) is 3.63. The van der Waals surface area contributed by atoms with Gasteiger partial charge in [0.1, 0.15) is 5.75 Å². The molecule has 1 N–H and O–H groups in total. The van der Waals surface area contributed by atoms with Crippen LogP contribution in [0.25, 0.3) is 11.1 Å². The molecule has 0 saturated heterocycles. The lowest BCUT2D eigenvalue weighted by molar-refractivity contribution is 0.416. The molecule has 3 heteroatoms.